The first-order chi connectivity index (χ1) is 14.7. The molecular formula is C22H34N4O4S. The van der Waals surface area contributed by atoms with E-state index in [1.165, 1.54) is 17.8 Å². The first-order valence-corrected chi connectivity index (χ1v) is 12.1. The summed E-state index contributed by atoms with van der Waals surface area (Å²) in [5, 5.41) is 0.472. The van der Waals surface area contributed by atoms with E-state index in [9.17, 15) is 14.4 Å². The molecule has 1 unspecified atom stereocenters. The lowest BCUT2D eigenvalue weighted by molar-refractivity contribution is -0.129. The Hall–Kier alpha value is -2.03. The van der Waals surface area contributed by atoms with Crippen LogP contribution in [0.15, 0.2) is 16.0 Å². The molecule has 2 fully saturated rings. The monoisotopic (exact) mass is 450 g/mol. The number of aromatic amines is 1. The standard InChI is InChI=1S/C22H34N4O4S/c1-5-6-7-16-13-30-21(29)26(16)15-8-10-25(11-9-15)19(28)14-31-20-23-17(22(2,3)4)12-18(27)24-20/h12,15-16H,5-11,13-14H2,1-4H3,(H,23,24,27). The maximum Gasteiger partial charge on any atom is 0.410 e. The molecule has 1 aromatic heterocycles. The molecule has 0 bridgehead atoms. The van der Waals surface area contributed by atoms with Crippen molar-refractivity contribution in [2.45, 2.75) is 82.5 Å². The van der Waals surface area contributed by atoms with Crippen LogP contribution in [0.1, 0.15) is 65.5 Å². The van der Waals surface area contributed by atoms with Gasteiger partial charge in [0.25, 0.3) is 5.56 Å². The first kappa shape index (κ1) is 23.6. The lowest BCUT2D eigenvalue weighted by Gasteiger charge is -2.37. The molecule has 31 heavy (non-hydrogen) atoms. The van der Waals surface area contributed by atoms with E-state index < -0.39 is 0 Å². The van der Waals surface area contributed by atoms with E-state index in [2.05, 4.69) is 16.9 Å². The normalized spacial score (nSPS) is 20.3. The molecule has 0 spiro atoms. The number of hydrogen-bond acceptors (Lipinski definition) is 6. The van der Waals surface area contributed by atoms with Crippen molar-refractivity contribution in [2.75, 3.05) is 25.4 Å². The molecule has 3 rings (SSSR count). The van der Waals surface area contributed by atoms with Gasteiger partial charge in [0.1, 0.15) is 6.61 Å². The van der Waals surface area contributed by atoms with Gasteiger partial charge in [-0.15, -0.1) is 0 Å². The molecule has 0 aromatic carbocycles. The van der Waals surface area contributed by atoms with Crippen molar-refractivity contribution in [1.82, 2.24) is 19.8 Å². The van der Waals surface area contributed by atoms with Gasteiger partial charge in [0.05, 0.1) is 17.5 Å². The van der Waals surface area contributed by atoms with Crippen molar-refractivity contribution < 1.29 is 14.3 Å². The highest BCUT2D eigenvalue weighted by Crippen LogP contribution is 2.27. The molecule has 2 aliphatic heterocycles. The van der Waals surface area contributed by atoms with Crippen molar-refractivity contribution in [2.24, 2.45) is 0 Å². The fraction of sp³-hybridized carbons (Fsp3) is 0.727. The molecular weight excluding hydrogens is 416 g/mol. The number of carbonyl (C=O) groups excluding carboxylic acids is 2. The van der Waals surface area contributed by atoms with Crippen LogP contribution in [-0.2, 0) is 14.9 Å². The lowest BCUT2D eigenvalue weighted by atomic mass is 9.92. The third kappa shape index (κ3) is 6.02. The summed E-state index contributed by atoms with van der Waals surface area (Å²) in [5.74, 6) is 0.255. The molecule has 2 amide bonds. The Morgan fingerprint density at radius 2 is 2.00 bits per heavy atom. The largest absolute Gasteiger partial charge is 0.447 e. The van der Waals surface area contributed by atoms with Gasteiger partial charge in [-0.3, -0.25) is 14.5 Å². The van der Waals surface area contributed by atoms with Crippen molar-refractivity contribution in [3.8, 4) is 0 Å². The van der Waals surface area contributed by atoms with Crippen LogP contribution in [0.3, 0.4) is 0 Å². The SMILES string of the molecule is CCCCC1COC(=O)N1C1CCN(C(=O)CSc2nc(C(C)(C)C)cc(=O)[nH]2)CC1. The van der Waals surface area contributed by atoms with Crippen molar-refractivity contribution in [3.05, 3.63) is 22.1 Å². The highest BCUT2D eigenvalue weighted by molar-refractivity contribution is 7.99. The van der Waals surface area contributed by atoms with Gasteiger partial charge in [-0.1, -0.05) is 52.3 Å². The number of nitrogens with one attached hydrogen (secondary N) is 1. The van der Waals surface area contributed by atoms with Crippen LogP contribution in [0.5, 0.6) is 0 Å². The van der Waals surface area contributed by atoms with Crippen LogP contribution < -0.4 is 5.56 Å². The molecule has 8 nitrogen and oxygen atoms in total. The second-order valence-corrected chi connectivity index (χ2v) is 10.3. The predicted octanol–water partition coefficient (Wildman–Crippen LogP) is 3.16. The summed E-state index contributed by atoms with van der Waals surface area (Å²) >= 11 is 1.26. The maximum atomic E-state index is 12.7. The number of H-pyrrole nitrogens is 1. The second kappa shape index (κ2) is 10.1. The third-order valence-corrected chi connectivity index (χ3v) is 6.78. The van der Waals surface area contributed by atoms with Crippen molar-refractivity contribution >= 4 is 23.8 Å². The number of likely N-dealkylation sites (tertiary alicyclic amines) is 1. The van der Waals surface area contributed by atoms with E-state index in [1.54, 1.807) is 0 Å². The Balaban J connectivity index is 1.52. The predicted molar refractivity (Wildman–Crippen MR) is 120 cm³/mol. The van der Waals surface area contributed by atoms with E-state index >= 15 is 0 Å². The molecule has 1 aromatic rings. The van der Waals surface area contributed by atoms with Gasteiger partial charge in [0.2, 0.25) is 5.91 Å². The number of amides is 2. The zero-order chi connectivity index (χ0) is 22.6. The minimum absolute atomic E-state index is 0.0267. The number of cyclic esters (lactones) is 1. The highest BCUT2D eigenvalue weighted by atomic mass is 32.2. The molecule has 1 N–H and O–H groups in total. The molecule has 0 aliphatic carbocycles. The topological polar surface area (TPSA) is 95.6 Å². The summed E-state index contributed by atoms with van der Waals surface area (Å²) in [5.41, 5.74) is 0.272. The minimum Gasteiger partial charge on any atom is -0.447 e. The van der Waals surface area contributed by atoms with Crippen LogP contribution >= 0.6 is 11.8 Å². The average molecular weight is 451 g/mol. The minimum atomic E-state index is -0.235. The Bertz CT molecular complexity index is 843. The summed E-state index contributed by atoms with van der Waals surface area (Å²) in [4.78, 5) is 47.9. The van der Waals surface area contributed by atoms with E-state index in [-0.39, 0.29) is 40.8 Å². The van der Waals surface area contributed by atoms with Gasteiger partial charge in [0.15, 0.2) is 5.16 Å². The van der Waals surface area contributed by atoms with Crippen LogP contribution in [0.2, 0.25) is 0 Å². The number of thioether (sulfide) groups is 1. The number of nitrogens with zero attached hydrogens (tertiary/aromatic N) is 3. The van der Waals surface area contributed by atoms with Gasteiger partial charge in [-0.25, -0.2) is 9.78 Å². The maximum absolute atomic E-state index is 12.7. The van der Waals surface area contributed by atoms with Gasteiger partial charge >= 0.3 is 6.09 Å². The van der Waals surface area contributed by atoms with Crippen molar-refractivity contribution in [3.63, 3.8) is 0 Å². The molecule has 0 saturated carbocycles. The number of aromatic nitrogens is 2. The van der Waals surface area contributed by atoms with E-state index in [0.717, 1.165) is 32.1 Å². The van der Waals surface area contributed by atoms with E-state index in [4.69, 9.17) is 4.74 Å². The summed E-state index contributed by atoms with van der Waals surface area (Å²) in [6.07, 6.45) is 4.47. The number of unbranched alkanes of at least 4 members (excludes halogenated alkanes) is 1. The number of piperidine rings is 1. The molecule has 1 atom stereocenters. The van der Waals surface area contributed by atoms with Crippen LogP contribution in [0.25, 0.3) is 0 Å². The number of hydrogen-bond donors (Lipinski definition) is 1. The summed E-state index contributed by atoms with van der Waals surface area (Å²) in [7, 11) is 0. The summed E-state index contributed by atoms with van der Waals surface area (Å²) in [6.45, 7) is 9.88. The van der Waals surface area contributed by atoms with Crippen LogP contribution in [0, 0.1) is 0 Å². The molecule has 172 valence electrons. The first-order valence-electron chi connectivity index (χ1n) is 11.2. The molecule has 3 heterocycles. The van der Waals surface area contributed by atoms with Crippen LogP contribution in [-0.4, -0.2) is 69.3 Å². The number of ether oxygens (including phenoxy) is 1. The quantitative estimate of drug-likeness (QED) is 0.506. The van der Waals surface area contributed by atoms with E-state index in [0.29, 0.717) is 30.5 Å². The fourth-order valence-electron chi connectivity index (χ4n) is 4.08. The zero-order valence-corrected chi connectivity index (χ0v) is 19.8. The molecule has 2 aliphatic rings. The summed E-state index contributed by atoms with van der Waals surface area (Å²) in [6, 6.07) is 1.80. The highest BCUT2D eigenvalue weighted by Gasteiger charge is 2.39. The zero-order valence-electron chi connectivity index (χ0n) is 19.0. The van der Waals surface area contributed by atoms with Gasteiger partial charge in [-0.05, 0) is 19.3 Å². The third-order valence-electron chi connectivity index (χ3n) is 5.93. The number of carbonyl (C=O) groups is 2. The Morgan fingerprint density at radius 3 is 2.65 bits per heavy atom. The summed E-state index contributed by atoms with van der Waals surface area (Å²) < 4.78 is 5.30. The Morgan fingerprint density at radius 1 is 1.29 bits per heavy atom. The Labute approximate surface area is 188 Å². The fourth-order valence-corrected chi connectivity index (χ4v) is 4.86. The van der Waals surface area contributed by atoms with E-state index in [1.807, 2.05) is 30.6 Å². The van der Waals surface area contributed by atoms with Gasteiger partial charge in [0, 0.05) is 30.6 Å². The van der Waals surface area contributed by atoms with Gasteiger partial charge < -0.3 is 14.6 Å². The lowest BCUT2D eigenvalue weighted by Crippen LogP contribution is -2.50. The second-order valence-electron chi connectivity index (χ2n) is 9.37. The Kier molecular flexibility index (Phi) is 7.67. The van der Waals surface area contributed by atoms with Gasteiger partial charge in [-0.2, -0.15) is 0 Å². The average Bonchev–Trinajstić information content (AvgIpc) is 3.10. The molecule has 9 heteroatoms. The molecule has 0 radical (unpaired) electrons. The smallest absolute Gasteiger partial charge is 0.410 e. The van der Waals surface area contributed by atoms with Crippen molar-refractivity contribution in [1.29, 1.82) is 0 Å². The number of rotatable bonds is 7. The van der Waals surface area contributed by atoms with Crippen LogP contribution in [0.4, 0.5) is 4.79 Å². The molecule has 2 saturated heterocycles.